The number of phenols is 1. The van der Waals surface area contributed by atoms with Crippen molar-refractivity contribution < 1.29 is 19.8 Å². The van der Waals surface area contributed by atoms with E-state index in [0.717, 1.165) is 10.6 Å². The maximum atomic E-state index is 12.8. The van der Waals surface area contributed by atoms with E-state index in [1.165, 1.54) is 19.2 Å². The van der Waals surface area contributed by atoms with Gasteiger partial charge in [0.05, 0.1) is 12.0 Å². The first kappa shape index (κ1) is 18.2. The summed E-state index contributed by atoms with van der Waals surface area (Å²) in [5.41, 5.74) is 4.45. The fourth-order valence-electron chi connectivity index (χ4n) is 3.78. The second kappa shape index (κ2) is 7.10. The van der Waals surface area contributed by atoms with Gasteiger partial charge in [-0.25, -0.2) is 5.01 Å². The van der Waals surface area contributed by atoms with Gasteiger partial charge in [0, 0.05) is 12.7 Å². The molecule has 0 radical (unpaired) electrons. The smallest absolute Gasteiger partial charge is 0.249 e. The number of imide groups is 1. The highest BCUT2D eigenvalue weighted by molar-refractivity contribution is 6.08. The number of benzene rings is 2. The number of phenolic OH excluding ortho intramolecular Hbond substituents is 1. The summed E-state index contributed by atoms with van der Waals surface area (Å²) < 4.78 is 0. The predicted octanol–water partition coefficient (Wildman–Crippen LogP) is 1.68. The van der Waals surface area contributed by atoms with Crippen molar-refractivity contribution in [3.8, 4) is 5.75 Å². The number of aromatic hydroxyl groups is 1. The molecule has 28 heavy (non-hydrogen) atoms. The van der Waals surface area contributed by atoms with Crippen LogP contribution in [0.2, 0.25) is 0 Å². The summed E-state index contributed by atoms with van der Waals surface area (Å²) in [5, 5.41) is 22.4. The molecule has 0 aromatic heterocycles. The van der Waals surface area contributed by atoms with Gasteiger partial charge < -0.3 is 15.6 Å². The van der Waals surface area contributed by atoms with E-state index < -0.39 is 24.1 Å². The molecule has 0 spiro atoms. The third kappa shape index (κ3) is 3.04. The molecule has 4 atom stereocenters. The van der Waals surface area contributed by atoms with Crippen LogP contribution in [0.4, 0.5) is 5.69 Å². The van der Waals surface area contributed by atoms with E-state index in [2.05, 4.69) is 5.43 Å². The third-order valence-corrected chi connectivity index (χ3v) is 5.24. The first-order valence-electron chi connectivity index (χ1n) is 9.04. The molecule has 2 aliphatic rings. The van der Waals surface area contributed by atoms with Gasteiger partial charge in [0.2, 0.25) is 11.8 Å². The van der Waals surface area contributed by atoms with Crippen molar-refractivity contribution in [3.05, 3.63) is 72.3 Å². The number of aliphatic hydroxyl groups excluding tert-OH is 1. The predicted molar refractivity (Wildman–Crippen MR) is 103 cm³/mol. The van der Waals surface area contributed by atoms with Crippen LogP contribution in [0.1, 0.15) is 11.7 Å². The number of carbonyl (C=O) groups excluding carboxylic acids is 2. The lowest BCUT2D eigenvalue weighted by Crippen LogP contribution is -2.55. The lowest BCUT2D eigenvalue weighted by Gasteiger charge is -2.40. The highest BCUT2D eigenvalue weighted by atomic mass is 16.3. The second-order valence-electron chi connectivity index (χ2n) is 7.01. The van der Waals surface area contributed by atoms with E-state index in [-0.39, 0.29) is 17.6 Å². The Morgan fingerprint density at radius 1 is 1.00 bits per heavy atom. The molecule has 0 saturated carbocycles. The van der Waals surface area contributed by atoms with Crippen LogP contribution in [0.3, 0.4) is 0 Å². The van der Waals surface area contributed by atoms with E-state index in [4.69, 9.17) is 0 Å². The summed E-state index contributed by atoms with van der Waals surface area (Å²) in [6, 6.07) is 14.3. The van der Waals surface area contributed by atoms with Crippen LogP contribution >= 0.6 is 0 Å². The van der Waals surface area contributed by atoms with Gasteiger partial charge in [0.25, 0.3) is 0 Å². The standard InChI is InChI=1S/C21H21N3O4/c1-23-20(27)16-10-11-17(19(26)13-6-5-9-15(25)12-13)24(18(16)21(23)28)22-14-7-3-2-4-8-14/h2-12,16-19,22,25-26H,1H3. The van der Waals surface area contributed by atoms with Gasteiger partial charge >= 0.3 is 0 Å². The number of likely N-dealkylation sites (N-methyl/N-ethyl adjacent to an activating group) is 1. The number of hydrogen-bond acceptors (Lipinski definition) is 6. The van der Waals surface area contributed by atoms with Crippen molar-refractivity contribution in [2.24, 2.45) is 5.92 Å². The zero-order chi connectivity index (χ0) is 19.8. The monoisotopic (exact) mass is 379 g/mol. The SMILES string of the molecule is CN1C(=O)C2C=CC(C(O)c3cccc(O)c3)N(Nc3ccccc3)C2C1=O. The minimum Gasteiger partial charge on any atom is -0.508 e. The van der Waals surface area contributed by atoms with Crippen molar-refractivity contribution in [2.45, 2.75) is 18.2 Å². The van der Waals surface area contributed by atoms with E-state index in [1.807, 2.05) is 30.3 Å². The largest absolute Gasteiger partial charge is 0.508 e. The average molecular weight is 379 g/mol. The van der Waals surface area contributed by atoms with E-state index in [1.54, 1.807) is 29.3 Å². The number of para-hydroxylation sites is 1. The van der Waals surface area contributed by atoms with Crippen LogP contribution in [0.15, 0.2) is 66.7 Å². The third-order valence-electron chi connectivity index (χ3n) is 5.24. The number of rotatable bonds is 4. The summed E-state index contributed by atoms with van der Waals surface area (Å²) in [6.45, 7) is 0. The van der Waals surface area contributed by atoms with Gasteiger partial charge in [-0.05, 0) is 29.8 Å². The zero-order valence-electron chi connectivity index (χ0n) is 15.3. The molecule has 0 aliphatic carbocycles. The van der Waals surface area contributed by atoms with Gasteiger partial charge in [-0.15, -0.1) is 0 Å². The molecule has 2 aliphatic heterocycles. The molecule has 0 bridgehead atoms. The lowest BCUT2D eigenvalue weighted by molar-refractivity contribution is -0.138. The van der Waals surface area contributed by atoms with Crippen molar-refractivity contribution in [3.63, 3.8) is 0 Å². The van der Waals surface area contributed by atoms with Crippen LogP contribution in [0, 0.1) is 5.92 Å². The lowest BCUT2D eigenvalue weighted by atomic mass is 9.90. The fourth-order valence-corrected chi connectivity index (χ4v) is 3.78. The van der Waals surface area contributed by atoms with Gasteiger partial charge in [-0.1, -0.05) is 42.5 Å². The van der Waals surface area contributed by atoms with Gasteiger partial charge in [-0.3, -0.25) is 14.5 Å². The summed E-state index contributed by atoms with van der Waals surface area (Å²) in [5.74, 6) is -1.16. The number of nitrogens with one attached hydrogen (secondary N) is 1. The summed E-state index contributed by atoms with van der Waals surface area (Å²) in [7, 11) is 1.47. The minimum atomic E-state index is -1.02. The molecule has 1 saturated heterocycles. The number of anilines is 1. The summed E-state index contributed by atoms with van der Waals surface area (Å²) in [4.78, 5) is 26.3. The van der Waals surface area contributed by atoms with Crippen LogP contribution in [0.25, 0.3) is 0 Å². The van der Waals surface area contributed by atoms with Crippen LogP contribution in [0.5, 0.6) is 5.75 Å². The zero-order valence-corrected chi connectivity index (χ0v) is 15.3. The molecule has 3 N–H and O–H groups in total. The molecule has 144 valence electrons. The molecule has 1 fully saturated rings. The number of hydrazine groups is 1. The van der Waals surface area contributed by atoms with Crippen molar-refractivity contribution in [1.82, 2.24) is 9.91 Å². The molecule has 4 unspecified atom stereocenters. The van der Waals surface area contributed by atoms with Crippen molar-refractivity contribution in [2.75, 3.05) is 12.5 Å². The molecule has 2 heterocycles. The molecular formula is C21H21N3O4. The Morgan fingerprint density at radius 3 is 2.46 bits per heavy atom. The molecule has 2 amide bonds. The number of aliphatic hydroxyl groups is 1. The number of likely N-dealkylation sites (tertiary alicyclic amines) is 1. The Bertz CT molecular complexity index is 930. The Labute approximate surface area is 162 Å². The van der Waals surface area contributed by atoms with Gasteiger partial charge in [0.1, 0.15) is 17.9 Å². The molecule has 7 heteroatoms. The summed E-state index contributed by atoms with van der Waals surface area (Å²) >= 11 is 0. The van der Waals surface area contributed by atoms with Crippen LogP contribution in [-0.4, -0.2) is 51.1 Å². The highest BCUT2D eigenvalue weighted by Crippen LogP contribution is 2.36. The Balaban J connectivity index is 1.73. The Morgan fingerprint density at radius 2 is 1.75 bits per heavy atom. The number of amides is 2. The van der Waals surface area contributed by atoms with E-state index in [9.17, 15) is 19.8 Å². The Hall–Kier alpha value is -3.16. The molecule has 2 aromatic rings. The van der Waals surface area contributed by atoms with Gasteiger partial charge in [-0.2, -0.15) is 0 Å². The first-order valence-corrected chi connectivity index (χ1v) is 9.04. The first-order chi connectivity index (χ1) is 13.5. The number of fused-ring (bicyclic) bond motifs is 1. The van der Waals surface area contributed by atoms with Crippen LogP contribution in [-0.2, 0) is 9.59 Å². The van der Waals surface area contributed by atoms with Gasteiger partial charge in [0.15, 0.2) is 0 Å². The maximum absolute atomic E-state index is 12.8. The number of carbonyl (C=O) groups is 2. The molecule has 7 nitrogen and oxygen atoms in total. The number of nitrogens with zero attached hydrogens (tertiary/aromatic N) is 2. The highest BCUT2D eigenvalue weighted by Gasteiger charge is 2.52. The van der Waals surface area contributed by atoms with Crippen LogP contribution < -0.4 is 5.43 Å². The van der Waals surface area contributed by atoms with E-state index >= 15 is 0 Å². The normalized spacial score (nSPS) is 25.6. The quantitative estimate of drug-likeness (QED) is 0.553. The Kier molecular flexibility index (Phi) is 4.62. The summed E-state index contributed by atoms with van der Waals surface area (Å²) in [6.07, 6.45) is 2.40. The maximum Gasteiger partial charge on any atom is 0.249 e. The average Bonchev–Trinajstić information content (AvgIpc) is 2.93. The van der Waals surface area contributed by atoms with Crippen molar-refractivity contribution in [1.29, 1.82) is 0 Å². The van der Waals surface area contributed by atoms with Crippen molar-refractivity contribution >= 4 is 17.5 Å². The number of hydrogen-bond donors (Lipinski definition) is 3. The minimum absolute atomic E-state index is 0.0450. The topological polar surface area (TPSA) is 93.1 Å². The second-order valence-corrected chi connectivity index (χ2v) is 7.01. The fraction of sp³-hybridized carbons (Fsp3) is 0.238. The molecular weight excluding hydrogens is 358 g/mol. The van der Waals surface area contributed by atoms with E-state index in [0.29, 0.717) is 5.56 Å². The molecule has 2 aromatic carbocycles. The molecule has 4 rings (SSSR count).